The number of ether oxygens (including phenoxy) is 1. The van der Waals surface area contributed by atoms with Gasteiger partial charge in [0.25, 0.3) is 0 Å². The third-order valence-corrected chi connectivity index (χ3v) is 8.33. The molecule has 5 aromatic rings. The summed E-state index contributed by atoms with van der Waals surface area (Å²) in [6.45, 7) is 4.89. The highest BCUT2D eigenvalue weighted by atomic mass is 32.2. The molecule has 0 radical (unpaired) electrons. The van der Waals surface area contributed by atoms with Crippen LogP contribution in [0.1, 0.15) is 30.5 Å². The first-order valence-electron chi connectivity index (χ1n) is 11.0. The number of hydrogen-bond acceptors (Lipinski definition) is 6. The number of thiophene rings is 1. The van der Waals surface area contributed by atoms with Crippen molar-refractivity contribution in [3.05, 3.63) is 83.7 Å². The highest BCUT2D eigenvalue weighted by Gasteiger charge is 2.32. The molecule has 0 saturated heterocycles. The second kappa shape index (κ2) is 8.20. The van der Waals surface area contributed by atoms with Crippen LogP contribution < -0.4 is 0 Å². The quantitative estimate of drug-likeness (QED) is 0.208. The van der Waals surface area contributed by atoms with E-state index in [4.69, 9.17) is 14.7 Å². The molecule has 6 heteroatoms. The fourth-order valence-corrected chi connectivity index (χ4v) is 6.64. The molecule has 164 valence electrons. The molecular weight excluding hydrogens is 446 g/mol. The van der Waals surface area contributed by atoms with Crippen molar-refractivity contribution in [1.29, 1.82) is 0 Å². The minimum Gasteiger partial charge on any atom is -0.370 e. The number of aromatic nitrogens is 3. The van der Waals surface area contributed by atoms with Crippen molar-refractivity contribution < 1.29 is 4.74 Å². The molecule has 0 fully saturated rings. The largest absolute Gasteiger partial charge is 0.370 e. The number of fused-ring (bicyclic) bond motifs is 5. The molecule has 0 saturated carbocycles. The molecule has 0 amide bonds. The van der Waals surface area contributed by atoms with Gasteiger partial charge >= 0.3 is 0 Å². The molecule has 6 rings (SSSR count). The molecule has 3 aromatic heterocycles. The Balaban J connectivity index is 1.55. The van der Waals surface area contributed by atoms with Crippen molar-refractivity contribution in [1.82, 2.24) is 15.0 Å². The highest BCUT2D eigenvalue weighted by Crippen LogP contribution is 2.44. The molecule has 4 nitrogen and oxygen atoms in total. The van der Waals surface area contributed by atoms with Gasteiger partial charge in [-0.05, 0) is 25.0 Å². The van der Waals surface area contributed by atoms with E-state index >= 15 is 0 Å². The zero-order valence-electron chi connectivity index (χ0n) is 18.5. The number of rotatable bonds is 4. The van der Waals surface area contributed by atoms with E-state index in [9.17, 15) is 0 Å². The zero-order valence-corrected chi connectivity index (χ0v) is 20.2. The number of nitrogens with zero attached hydrogens (tertiary/aromatic N) is 3. The van der Waals surface area contributed by atoms with Crippen LogP contribution in [0.5, 0.6) is 0 Å². The third-order valence-electron chi connectivity index (χ3n) is 6.06. The summed E-state index contributed by atoms with van der Waals surface area (Å²) in [5.41, 5.74) is 6.73. The minimum absolute atomic E-state index is 0.221. The first-order chi connectivity index (χ1) is 16.1. The van der Waals surface area contributed by atoms with Crippen LogP contribution in [0.4, 0.5) is 0 Å². The molecule has 1 aliphatic rings. The predicted molar refractivity (Wildman–Crippen MR) is 137 cm³/mol. The summed E-state index contributed by atoms with van der Waals surface area (Å²) in [6.07, 6.45) is 2.54. The SMILES string of the molecule is CC1(C)Cc2c(c(-c3ccccc3)nc3sc4c(SCc5ccccc5)ncnc4c23)CO1. The van der Waals surface area contributed by atoms with Crippen molar-refractivity contribution in [3.8, 4) is 11.3 Å². The minimum atomic E-state index is -0.221. The molecule has 0 aliphatic carbocycles. The summed E-state index contributed by atoms with van der Waals surface area (Å²) in [6, 6.07) is 20.9. The summed E-state index contributed by atoms with van der Waals surface area (Å²) in [4.78, 5) is 15.6. The van der Waals surface area contributed by atoms with Crippen molar-refractivity contribution in [3.63, 3.8) is 0 Å². The molecule has 4 heterocycles. The first kappa shape index (κ1) is 20.8. The van der Waals surface area contributed by atoms with E-state index in [1.165, 1.54) is 22.1 Å². The summed E-state index contributed by atoms with van der Waals surface area (Å²) < 4.78 is 7.35. The van der Waals surface area contributed by atoms with Gasteiger partial charge in [-0.1, -0.05) is 60.7 Å². The fraction of sp³-hybridized carbons (Fsp3) is 0.222. The van der Waals surface area contributed by atoms with Crippen LogP contribution in [0.15, 0.2) is 72.0 Å². The van der Waals surface area contributed by atoms with Gasteiger partial charge in [0.05, 0.1) is 28.1 Å². The Hall–Kier alpha value is -2.80. The lowest BCUT2D eigenvalue weighted by Gasteiger charge is -2.33. The van der Waals surface area contributed by atoms with Crippen LogP contribution in [-0.2, 0) is 23.5 Å². The van der Waals surface area contributed by atoms with Crippen molar-refractivity contribution >= 4 is 43.5 Å². The smallest absolute Gasteiger partial charge is 0.127 e. The van der Waals surface area contributed by atoms with E-state index in [0.29, 0.717) is 6.61 Å². The maximum Gasteiger partial charge on any atom is 0.127 e. The molecular formula is C27H23N3OS2. The number of benzene rings is 2. The summed E-state index contributed by atoms with van der Waals surface area (Å²) in [5, 5.41) is 2.19. The van der Waals surface area contributed by atoms with E-state index in [2.05, 4.69) is 67.4 Å². The van der Waals surface area contributed by atoms with Gasteiger partial charge in [0.1, 0.15) is 16.2 Å². The Morgan fingerprint density at radius 1 is 0.970 bits per heavy atom. The molecule has 0 spiro atoms. The van der Waals surface area contributed by atoms with Gasteiger partial charge in [-0.15, -0.1) is 23.1 Å². The molecule has 2 aromatic carbocycles. The summed E-state index contributed by atoms with van der Waals surface area (Å²) >= 11 is 3.47. The molecule has 0 atom stereocenters. The van der Waals surface area contributed by atoms with Crippen LogP contribution in [0.3, 0.4) is 0 Å². The second-order valence-electron chi connectivity index (χ2n) is 8.92. The summed E-state index contributed by atoms with van der Waals surface area (Å²) in [7, 11) is 0. The van der Waals surface area contributed by atoms with Gasteiger partial charge in [-0.2, -0.15) is 0 Å². The number of thioether (sulfide) groups is 1. The molecule has 1 aliphatic heterocycles. The average Bonchev–Trinajstić information content (AvgIpc) is 3.22. The monoisotopic (exact) mass is 469 g/mol. The van der Waals surface area contributed by atoms with E-state index in [-0.39, 0.29) is 5.60 Å². The Morgan fingerprint density at radius 2 is 1.73 bits per heavy atom. The van der Waals surface area contributed by atoms with Crippen molar-refractivity contribution in [2.45, 2.75) is 43.3 Å². The Bertz CT molecular complexity index is 1460. The Morgan fingerprint density at radius 3 is 2.52 bits per heavy atom. The van der Waals surface area contributed by atoms with Gasteiger partial charge in [-0.3, -0.25) is 0 Å². The lowest BCUT2D eigenvalue weighted by atomic mass is 9.88. The number of hydrogen-bond donors (Lipinski definition) is 0. The third kappa shape index (κ3) is 3.82. The van der Waals surface area contributed by atoms with E-state index in [1.54, 1.807) is 29.4 Å². The topological polar surface area (TPSA) is 47.9 Å². The van der Waals surface area contributed by atoms with Crippen molar-refractivity contribution in [2.75, 3.05) is 0 Å². The van der Waals surface area contributed by atoms with Gasteiger partial charge in [0.2, 0.25) is 0 Å². The Kier molecular flexibility index (Phi) is 5.17. The lowest BCUT2D eigenvalue weighted by molar-refractivity contribution is -0.0394. The van der Waals surface area contributed by atoms with Gasteiger partial charge in [0, 0.05) is 28.7 Å². The number of pyridine rings is 1. The van der Waals surface area contributed by atoms with Gasteiger partial charge < -0.3 is 4.74 Å². The van der Waals surface area contributed by atoms with E-state index < -0.39 is 0 Å². The predicted octanol–water partition coefficient (Wildman–Crippen LogP) is 7.05. The summed E-state index contributed by atoms with van der Waals surface area (Å²) in [5.74, 6) is 0.878. The maximum atomic E-state index is 6.23. The zero-order chi connectivity index (χ0) is 22.4. The first-order valence-corrected chi connectivity index (χ1v) is 12.8. The van der Waals surface area contributed by atoms with Crippen LogP contribution in [0.25, 0.3) is 31.7 Å². The van der Waals surface area contributed by atoms with Crippen LogP contribution >= 0.6 is 23.1 Å². The van der Waals surface area contributed by atoms with Crippen LogP contribution in [0.2, 0.25) is 0 Å². The maximum absolute atomic E-state index is 6.23. The molecule has 0 bridgehead atoms. The van der Waals surface area contributed by atoms with Gasteiger partial charge in [-0.25, -0.2) is 15.0 Å². The second-order valence-corrected chi connectivity index (χ2v) is 10.9. The average molecular weight is 470 g/mol. The standard InChI is InChI=1S/C27H23N3OS2/c1-27(2)13-19-20(14-31-27)22(18-11-7-4-8-12-18)30-25-21(19)23-24(33-25)26(29-16-28-23)32-15-17-9-5-3-6-10-17/h3-12,16H,13-15H2,1-2H3. The van der Waals surface area contributed by atoms with E-state index in [0.717, 1.165) is 43.5 Å². The normalized spacial score (nSPS) is 15.1. The van der Waals surface area contributed by atoms with Crippen molar-refractivity contribution in [2.24, 2.45) is 0 Å². The highest BCUT2D eigenvalue weighted by molar-refractivity contribution is 7.98. The molecule has 33 heavy (non-hydrogen) atoms. The lowest BCUT2D eigenvalue weighted by Crippen LogP contribution is -2.32. The van der Waals surface area contributed by atoms with Gasteiger partial charge in [0.15, 0.2) is 0 Å². The van der Waals surface area contributed by atoms with Crippen LogP contribution in [0, 0.1) is 0 Å². The van der Waals surface area contributed by atoms with Crippen LogP contribution in [-0.4, -0.2) is 20.6 Å². The molecule has 0 unspecified atom stereocenters. The fourth-order valence-electron chi connectivity index (χ4n) is 4.45. The Labute approximate surface area is 201 Å². The van der Waals surface area contributed by atoms with E-state index in [1.807, 2.05) is 12.1 Å². The molecule has 0 N–H and O–H groups in total.